The highest BCUT2D eigenvalue weighted by Crippen LogP contribution is 2.35. The van der Waals surface area contributed by atoms with Gasteiger partial charge in [-0.05, 0) is 47.3 Å². The van der Waals surface area contributed by atoms with Gasteiger partial charge in [0, 0.05) is 25.7 Å². The molecular formula is C21H23BrF2N8O. The molecule has 1 saturated carbocycles. The van der Waals surface area contributed by atoms with Crippen LogP contribution in [0.1, 0.15) is 25.0 Å². The Morgan fingerprint density at radius 2 is 2.12 bits per heavy atom. The van der Waals surface area contributed by atoms with Crippen LogP contribution in [0.4, 0.5) is 14.6 Å². The van der Waals surface area contributed by atoms with Gasteiger partial charge in [0.15, 0.2) is 11.5 Å². The number of aromatic amines is 1. The largest absolute Gasteiger partial charge is 0.390 e. The second-order valence-corrected chi connectivity index (χ2v) is 9.13. The molecule has 12 heteroatoms. The molecule has 4 aromatic rings. The molecule has 33 heavy (non-hydrogen) atoms. The third-order valence-corrected chi connectivity index (χ3v) is 7.27. The van der Waals surface area contributed by atoms with Gasteiger partial charge < -0.3 is 15.7 Å². The van der Waals surface area contributed by atoms with Gasteiger partial charge in [-0.1, -0.05) is 0 Å². The number of H-pyrrole nitrogens is 1. The molecule has 1 fully saturated rings. The lowest BCUT2D eigenvalue weighted by atomic mass is 9.89. The average molecular weight is 521 g/mol. The van der Waals surface area contributed by atoms with Crippen LogP contribution in [0.15, 0.2) is 16.7 Å². The number of halogens is 3. The number of fused-ring (bicyclic) bond motifs is 2. The number of nitrogens with zero attached hydrogens (tertiary/aromatic N) is 6. The molecule has 4 N–H and O–H groups in total. The molecule has 1 aliphatic carbocycles. The monoisotopic (exact) mass is 520 g/mol. The zero-order chi connectivity index (χ0) is 23.4. The molecule has 0 unspecified atom stereocenters. The zero-order valence-electron chi connectivity index (χ0n) is 18.1. The molecule has 0 amide bonds. The molecule has 3 atom stereocenters. The number of nitrogens with one attached hydrogen (secondary N) is 1. The number of aliphatic hydroxyl groups is 1. The summed E-state index contributed by atoms with van der Waals surface area (Å²) in [5, 5.41) is 21.7. The van der Waals surface area contributed by atoms with E-state index in [4.69, 9.17) is 5.73 Å². The van der Waals surface area contributed by atoms with Crippen molar-refractivity contribution in [3.63, 3.8) is 0 Å². The maximum atomic E-state index is 15.5. The lowest BCUT2D eigenvalue weighted by Gasteiger charge is -2.38. The molecule has 1 aromatic carbocycles. The molecule has 3 heterocycles. The summed E-state index contributed by atoms with van der Waals surface area (Å²) in [5.41, 5.74) is 7.80. The summed E-state index contributed by atoms with van der Waals surface area (Å²) in [4.78, 5) is 10.8. The lowest BCUT2D eigenvalue weighted by Crippen LogP contribution is -2.51. The Labute approximate surface area is 196 Å². The van der Waals surface area contributed by atoms with E-state index in [9.17, 15) is 9.50 Å². The standard InChI is InChI=1S/C21H23BrF2N8O/c1-31(13-5-3-4-10(25)16(13)24)21-12(8-33)26-18-17(28-29-20(18)27-21)9-6-7-11-14(15(9)23)19(22)32(2)30-11/h6-7,10,13,16,33H,3-5,8,25H2,1-2H3,(H,27,28,29)/t10-,13+,16-/m0/s1. The number of hydrogen-bond acceptors (Lipinski definition) is 7. The van der Waals surface area contributed by atoms with Gasteiger partial charge in [0.1, 0.15) is 33.5 Å². The molecular weight excluding hydrogens is 498 g/mol. The molecule has 9 nitrogen and oxygen atoms in total. The molecule has 0 bridgehead atoms. The highest BCUT2D eigenvalue weighted by molar-refractivity contribution is 9.10. The van der Waals surface area contributed by atoms with E-state index in [0.29, 0.717) is 45.3 Å². The summed E-state index contributed by atoms with van der Waals surface area (Å²) < 4.78 is 32.3. The van der Waals surface area contributed by atoms with Gasteiger partial charge in [-0.2, -0.15) is 10.2 Å². The first-order chi connectivity index (χ1) is 15.8. The van der Waals surface area contributed by atoms with Crippen LogP contribution in [0.3, 0.4) is 0 Å². The van der Waals surface area contributed by atoms with E-state index in [1.54, 1.807) is 35.8 Å². The van der Waals surface area contributed by atoms with E-state index in [-0.39, 0.29) is 17.0 Å². The fourth-order valence-electron chi connectivity index (χ4n) is 4.57. The normalized spacial score (nSPS) is 21.2. The lowest BCUT2D eigenvalue weighted by molar-refractivity contribution is 0.184. The summed E-state index contributed by atoms with van der Waals surface area (Å²) >= 11 is 3.37. The van der Waals surface area contributed by atoms with Crippen LogP contribution in [0.2, 0.25) is 0 Å². The van der Waals surface area contributed by atoms with Gasteiger partial charge in [0.25, 0.3) is 0 Å². The van der Waals surface area contributed by atoms with Crippen LogP contribution in [0, 0.1) is 5.82 Å². The van der Waals surface area contributed by atoms with Gasteiger partial charge >= 0.3 is 0 Å². The summed E-state index contributed by atoms with van der Waals surface area (Å²) in [6, 6.07) is 2.28. The number of aliphatic hydroxyl groups excluding tert-OH is 1. The number of anilines is 1. The Hall–Kier alpha value is -2.70. The highest BCUT2D eigenvalue weighted by Gasteiger charge is 2.35. The summed E-state index contributed by atoms with van der Waals surface area (Å²) in [5.74, 6) is -0.154. The zero-order valence-corrected chi connectivity index (χ0v) is 19.6. The van der Waals surface area contributed by atoms with Crippen molar-refractivity contribution in [2.45, 2.75) is 44.1 Å². The predicted octanol–water partition coefficient (Wildman–Crippen LogP) is 2.95. The fraction of sp³-hybridized carbons (Fsp3) is 0.429. The maximum Gasteiger partial charge on any atom is 0.177 e. The van der Waals surface area contributed by atoms with Crippen molar-refractivity contribution in [3.8, 4) is 11.3 Å². The SMILES string of the molecule is CN(c1nc2[nH]nc(-c3ccc4nn(C)c(Br)c4c3F)c2nc1CO)[C@@H]1CCC[C@H](N)[C@@H]1F. The summed E-state index contributed by atoms with van der Waals surface area (Å²) in [6.45, 7) is -0.418. The van der Waals surface area contributed by atoms with Gasteiger partial charge in [-0.25, -0.2) is 18.7 Å². The van der Waals surface area contributed by atoms with Gasteiger partial charge in [-0.15, -0.1) is 0 Å². The van der Waals surface area contributed by atoms with E-state index in [1.807, 2.05) is 0 Å². The van der Waals surface area contributed by atoms with E-state index >= 15 is 4.39 Å². The van der Waals surface area contributed by atoms with Gasteiger partial charge in [-0.3, -0.25) is 9.78 Å². The molecule has 0 radical (unpaired) electrons. The van der Waals surface area contributed by atoms with Crippen molar-refractivity contribution in [2.75, 3.05) is 11.9 Å². The quantitative estimate of drug-likeness (QED) is 0.378. The van der Waals surface area contributed by atoms with Crippen LogP contribution in [-0.4, -0.2) is 60.4 Å². The Bertz CT molecular complexity index is 1360. The molecule has 174 valence electrons. The Morgan fingerprint density at radius 3 is 2.88 bits per heavy atom. The van der Waals surface area contributed by atoms with E-state index in [2.05, 4.69) is 41.2 Å². The predicted molar refractivity (Wildman–Crippen MR) is 124 cm³/mol. The number of aryl methyl sites for hydroxylation is 1. The van der Waals surface area contributed by atoms with Crippen molar-refractivity contribution in [2.24, 2.45) is 12.8 Å². The Balaban J connectivity index is 1.61. The first kappa shape index (κ1) is 22.1. The maximum absolute atomic E-state index is 15.5. The van der Waals surface area contributed by atoms with E-state index in [1.165, 1.54) is 0 Å². The van der Waals surface area contributed by atoms with Crippen molar-refractivity contribution in [3.05, 3.63) is 28.2 Å². The number of aromatic nitrogens is 6. The van der Waals surface area contributed by atoms with Crippen LogP contribution in [0.25, 0.3) is 33.3 Å². The third kappa shape index (κ3) is 3.47. The highest BCUT2D eigenvalue weighted by atomic mass is 79.9. The van der Waals surface area contributed by atoms with Gasteiger partial charge in [0.05, 0.1) is 23.6 Å². The second kappa shape index (κ2) is 8.26. The Morgan fingerprint density at radius 1 is 1.33 bits per heavy atom. The van der Waals surface area contributed by atoms with E-state index in [0.717, 1.165) is 6.42 Å². The molecule has 0 spiro atoms. The van der Waals surface area contributed by atoms with Crippen molar-refractivity contribution >= 4 is 43.8 Å². The minimum atomic E-state index is -1.22. The first-order valence-electron chi connectivity index (χ1n) is 10.6. The number of hydrogen-bond donors (Lipinski definition) is 3. The summed E-state index contributed by atoms with van der Waals surface area (Å²) in [6.07, 6.45) is 0.843. The average Bonchev–Trinajstić information content (AvgIpc) is 3.34. The second-order valence-electron chi connectivity index (χ2n) is 8.37. The summed E-state index contributed by atoms with van der Waals surface area (Å²) in [7, 11) is 3.43. The smallest absolute Gasteiger partial charge is 0.177 e. The number of rotatable bonds is 4. The molecule has 1 aliphatic rings. The van der Waals surface area contributed by atoms with Crippen molar-refractivity contribution in [1.29, 1.82) is 0 Å². The molecule has 3 aromatic heterocycles. The first-order valence-corrected chi connectivity index (χ1v) is 11.4. The fourth-order valence-corrected chi connectivity index (χ4v) is 5.03. The van der Waals surface area contributed by atoms with Gasteiger partial charge in [0.2, 0.25) is 0 Å². The van der Waals surface area contributed by atoms with Crippen LogP contribution in [0.5, 0.6) is 0 Å². The molecule has 0 saturated heterocycles. The number of benzene rings is 1. The molecule has 0 aliphatic heterocycles. The minimum absolute atomic E-state index is 0.226. The van der Waals surface area contributed by atoms with Crippen LogP contribution < -0.4 is 10.6 Å². The van der Waals surface area contributed by atoms with Crippen molar-refractivity contribution < 1.29 is 13.9 Å². The Kier molecular flexibility index (Phi) is 5.53. The topological polar surface area (TPSA) is 122 Å². The number of nitrogens with two attached hydrogens (primary N) is 1. The van der Waals surface area contributed by atoms with Crippen molar-refractivity contribution in [1.82, 2.24) is 29.9 Å². The number of alkyl halides is 1. The third-order valence-electron chi connectivity index (χ3n) is 6.36. The van der Waals surface area contributed by atoms with Crippen LogP contribution >= 0.6 is 15.9 Å². The van der Waals surface area contributed by atoms with E-state index < -0.39 is 30.7 Å². The molecule has 5 rings (SSSR count). The minimum Gasteiger partial charge on any atom is -0.390 e. The van der Waals surface area contributed by atoms with Crippen LogP contribution in [-0.2, 0) is 13.7 Å².